The minimum Gasteiger partial charge on any atom is -0.458 e. The quantitative estimate of drug-likeness (QED) is 0.536. The molecule has 0 N–H and O–H groups in total. The van der Waals surface area contributed by atoms with Gasteiger partial charge in [-0.1, -0.05) is 24.3 Å². The molecule has 0 amide bonds. The van der Waals surface area contributed by atoms with Crippen LogP contribution in [0.4, 0.5) is 0 Å². The zero-order valence-corrected chi connectivity index (χ0v) is 11.3. The fourth-order valence-corrected chi connectivity index (χ4v) is 1.79. The van der Waals surface area contributed by atoms with Crippen LogP contribution in [0, 0.1) is 5.92 Å². The second-order valence-electron chi connectivity index (χ2n) is 4.82. The van der Waals surface area contributed by atoms with Crippen LogP contribution in [0.5, 0.6) is 0 Å². The summed E-state index contributed by atoms with van der Waals surface area (Å²) in [6.07, 6.45) is 5.01. The largest absolute Gasteiger partial charge is 0.458 e. The Morgan fingerprint density at radius 2 is 2.17 bits per heavy atom. The second kappa shape index (κ2) is 6.34. The van der Waals surface area contributed by atoms with Crippen LogP contribution in [0.25, 0.3) is 0 Å². The van der Waals surface area contributed by atoms with E-state index < -0.39 is 0 Å². The van der Waals surface area contributed by atoms with Crippen molar-refractivity contribution in [1.29, 1.82) is 0 Å². The van der Waals surface area contributed by atoms with Crippen LogP contribution in [0.15, 0.2) is 35.5 Å². The van der Waals surface area contributed by atoms with Crippen molar-refractivity contribution in [2.45, 2.75) is 33.6 Å². The average molecular weight is 248 g/mol. The summed E-state index contributed by atoms with van der Waals surface area (Å²) in [5.74, 6) is 0.0312. The molecule has 0 spiro atoms. The molecule has 0 saturated carbocycles. The number of rotatable bonds is 6. The van der Waals surface area contributed by atoms with Crippen molar-refractivity contribution in [2.24, 2.45) is 5.92 Å². The lowest BCUT2D eigenvalue weighted by molar-refractivity contribution is -0.135. The minimum atomic E-state index is -0.268. The zero-order valence-electron chi connectivity index (χ0n) is 11.3. The van der Waals surface area contributed by atoms with Gasteiger partial charge in [-0.3, -0.25) is 0 Å². The maximum Gasteiger partial charge on any atom is 0.338 e. The highest BCUT2D eigenvalue weighted by Crippen LogP contribution is 2.21. The van der Waals surface area contributed by atoms with Gasteiger partial charge in [-0.15, -0.1) is 0 Å². The monoisotopic (exact) mass is 248 g/mol. The van der Waals surface area contributed by atoms with Crippen LogP contribution >= 0.6 is 0 Å². The van der Waals surface area contributed by atoms with Crippen molar-refractivity contribution in [1.82, 2.24) is 0 Å². The van der Waals surface area contributed by atoms with Crippen LogP contribution in [0.2, 0.25) is 0 Å². The van der Waals surface area contributed by atoms with Crippen molar-refractivity contribution in [2.75, 3.05) is 6.61 Å². The van der Waals surface area contributed by atoms with Crippen LogP contribution in [-0.4, -0.2) is 18.4 Å². The molecule has 0 aromatic rings. The number of carbonyl (C=O) groups excluding carboxylic acids is 2. The van der Waals surface area contributed by atoms with Gasteiger partial charge in [0.05, 0.1) is 5.57 Å². The van der Waals surface area contributed by atoms with E-state index in [-0.39, 0.29) is 17.7 Å². The van der Waals surface area contributed by atoms with Gasteiger partial charge in [-0.2, -0.15) is 0 Å². The summed E-state index contributed by atoms with van der Waals surface area (Å²) < 4.78 is 4.93. The predicted molar refractivity (Wildman–Crippen MR) is 71.0 cm³/mol. The second-order valence-corrected chi connectivity index (χ2v) is 4.82. The Bertz CT molecular complexity index is 427. The molecular weight excluding hydrogens is 228 g/mol. The molecule has 0 unspecified atom stereocenters. The summed E-state index contributed by atoms with van der Waals surface area (Å²) in [5, 5.41) is 0. The summed E-state index contributed by atoms with van der Waals surface area (Å²) >= 11 is 0. The molecule has 0 aromatic carbocycles. The van der Waals surface area contributed by atoms with Gasteiger partial charge in [-0.25, -0.2) is 4.79 Å². The van der Waals surface area contributed by atoms with Gasteiger partial charge < -0.3 is 9.53 Å². The number of cyclic esters (lactones) is 1. The van der Waals surface area contributed by atoms with E-state index >= 15 is 0 Å². The normalized spacial score (nSPS) is 17.2. The van der Waals surface area contributed by atoms with Gasteiger partial charge in [0.25, 0.3) is 0 Å². The number of ether oxygens (including phenoxy) is 1. The van der Waals surface area contributed by atoms with E-state index in [4.69, 9.17) is 4.74 Å². The molecule has 0 radical (unpaired) electrons. The van der Waals surface area contributed by atoms with Gasteiger partial charge in [0.2, 0.25) is 0 Å². The highest BCUT2D eigenvalue weighted by Gasteiger charge is 2.19. The molecule has 3 heteroatoms. The number of ketones is 1. The van der Waals surface area contributed by atoms with Crippen molar-refractivity contribution in [3.05, 3.63) is 35.5 Å². The Hall–Kier alpha value is -1.64. The highest BCUT2D eigenvalue weighted by atomic mass is 16.5. The third-order valence-electron chi connectivity index (χ3n) is 3.04. The molecule has 1 aliphatic rings. The molecule has 0 aliphatic carbocycles. The first-order valence-corrected chi connectivity index (χ1v) is 6.11. The number of hydrogen-bond donors (Lipinski definition) is 0. The van der Waals surface area contributed by atoms with Crippen LogP contribution in [0.3, 0.4) is 0 Å². The number of hydrogen-bond acceptors (Lipinski definition) is 3. The summed E-state index contributed by atoms with van der Waals surface area (Å²) in [6.45, 7) is 9.70. The van der Waals surface area contributed by atoms with Crippen molar-refractivity contribution in [3.63, 3.8) is 0 Å². The van der Waals surface area contributed by atoms with Crippen molar-refractivity contribution >= 4 is 11.8 Å². The fraction of sp³-hybridized carbons (Fsp3) is 0.467. The zero-order chi connectivity index (χ0) is 13.7. The maximum atomic E-state index is 11.4. The SMILES string of the molecule is C=C(C)[C@@H](/C=C/C1=C(C)COC1=O)CCC(C)=O. The lowest BCUT2D eigenvalue weighted by Gasteiger charge is -2.11. The summed E-state index contributed by atoms with van der Waals surface area (Å²) in [5.41, 5.74) is 2.57. The van der Waals surface area contributed by atoms with E-state index in [9.17, 15) is 9.59 Å². The predicted octanol–water partition coefficient (Wildman–Crippen LogP) is 2.98. The first kappa shape index (κ1) is 14.4. The smallest absolute Gasteiger partial charge is 0.338 e. The maximum absolute atomic E-state index is 11.4. The molecule has 1 aliphatic heterocycles. The molecule has 3 nitrogen and oxygen atoms in total. The Labute approximate surface area is 108 Å². The van der Waals surface area contributed by atoms with E-state index in [2.05, 4.69) is 6.58 Å². The fourth-order valence-electron chi connectivity index (χ4n) is 1.79. The first-order valence-electron chi connectivity index (χ1n) is 6.11. The molecule has 0 fully saturated rings. The Kier molecular flexibility index (Phi) is 5.08. The molecule has 18 heavy (non-hydrogen) atoms. The van der Waals surface area contributed by atoms with E-state index in [0.29, 0.717) is 18.6 Å². The number of allylic oxidation sites excluding steroid dienone is 2. The topological polar surface area (TPSA) is 43.4 Å². The minimum absolute atomic E-state index is 0.127. The standard InChI is InChI=1S/C15H20O3/c1-10(2)13(6-5-12(4)16)7-8-14-11(3)9-18-15(14)17/h7-8,13H,1,5-6,9H2,2-4H3/b8-7+/t13-/m1/s1. The Balaban J connectivity index is 2.72. The molecule has 1 rings (SSSR count). The van der Waals surface area contributed by atoms with E-state index in [1.165, 1.54) is 0 Å². The van der Waals surface area contributed by atoms with Crippen molar-refractivity contribution < 1.29 is 14.3 Å². The van der Waals surface area contributed by atoms with Crippen LogP contribution in [-0.2, 0) is 14.3 Å². The average Bonchev–Trinajstić information content (AvgIpc) is 2.59. The van der Waals surface area contributed by atoms with Crippen molar-refractivity contribution in [3.8, 4) is 0 Å². The number of Topliss-reactive ketones (excluding diaryl/α,β-unsaturated/α-hetero) is 1. The highest BCUT2D eigenvalue weighted by molar-refractivity contribution is 5.94. The molecule has 1 atom stereocenters. The van der Waals surface area contributed by atoms with E-state index in [1.807, 2.05) is 19.9 Å². The Morgan fingerprint density at radius 1 is 1.50 bits per heavy atom. The first-order chi connectivity index (χ1) is 8.41. The lowest BCUT2D eigenvalue weighted by atomic mass is 9.94. The molecule has 0 saturated heterocycles. The third-order valence-corrected chi connectivity index (χ3v) is 3.04. The van der Waals surface area contributed by atoms with Crippen LogP contribution < -0.4 is 0 Å². The van der Waals surface area contributed by atoms with Gasteiger partial charge >= 0.3 is 5.97 Å². The molecule has 0 bridgehead atoms. The third kappa shape index (κ3) is 3.99. The number of carbonyl (C=O) groups is 2. The summed E-state index contributed by atoms with van der Waals surface area (Å²) in [7, 11) is 0. The molecule has 0 aromatic heterocycles. The molecule has 98 valence electrons. The Morgan fingerprint density at radius 3 is 2.61 bits per heavy atom. The van der Waals surface area contributed by atoms with E-state index in [0.717, 1.165) is 17.6 Å². The number of esters is 1. The summed E-state index contributed by atoms with van der Waals surface area (Å²) in [4.78, 5) is 22.4. The molecular formula is C15H20O3. The lowest BCUT2D eigenvalue weighted by Crippen LogP contribution is -2.02. The summed E-state index contributed by atoms with van der Waals surface area (Å²) in [6, 6.07) is 0. The van der Waals surface area contributed by atoms with Gasteiger partial charge in [0, 0.05) is 6.42 Å². The van der Waals surface area contributed by atoms with Gasteiger partial charge in [-0.05, 0) is 38.7 Å². The van der Waals surface area contributed by atoms with Gasteiger partial charge in [0.15, 0.2) is 0 Å². The van der Waals surface area contributed by atoms with E-state index in [1.54, 1.807) is 13.0 Å². The molecule has 1 heterocycles. The van der Waals surface area contributed by atoms with Gasteiger partial charge in [0.1, 0.15) is 12.4 Å². The van der Waals surface area contributed by atoms with Crippen LogP contribution in [0.1, 0.15) is 33.6 Å².